The van der Waals surface area contributed by atoms with Gasteiger partial charge in [-0.25, -0.2) is 8.78 Å². The summed E-state index contributed by atoms with van der Waals surface area (Å²) in [6, 6.07) is 5.12. The molecular weight excluding hydrogens is 200 g/mol. The van der Waals surface area contributed by atoms with Crippen molar-refractivity contribution < 1.29 is 13.9 Å². The molecule has 0 heterocycles. The van der Waals surface area contributed by atoms with Gasteiger partial charge in [0.25, 0.3) is 0 Å². The van der Waals surface area contributed by atoms with Crippen molar-refractivity contribution in [3.05, 3.63) is 35.4 Å². The largest absolute Gasteiger partial charge is 0.387 e. The molecule has 0 saturated heterocycles. The Kier molecular flexibility index (Phi) is 3.06. The monoisotopic (exact) mass is 211 g/mol. The molecule has 0 saturated carbocycles. The molecule has 0 aliphatic carbocycles. The summed E-state index contributed by atoms with van der Waals surface area (Å²) in [5.74, 6) is -1.68. The number of nitrogens with zero attached hydrogens (tertiary/aromatic N) is 1. The number of nitriles is 1. The lowest BCUT2D eigenvalue weighted by molar-refractivity contribution is 0.0794. The molecule has 15 heavy (non-hydrogen) atoms. The van der Waals surface area contributed by atoms with Crippen LogP contribution >= 0.6 is 0 Å². The fourth-order valence-electron chi connectivity index (χ4n) is 1.19. The third kappa shape index (κ3) is 2.13. The predicted octanol–water partition coefficient (Wildman–Crippen LogP) is 2.55. The molecule has 0 fully saturated rings. The third-order valence-corrected chi connectivity index (χ3v) is 2.24. The molecule has 0 aliphatic rings. The molecule has 0 radical (unpaired) electrons. The van der Waals surface area contributed by atoms with Crippen LogP contribution in [0.5, 0.6) is 0 Å². The second kappa shape index (κ2) is 3.95. The Morgan fingerprint density at radius 2 is 1.80 bits per heavy atom. The minimum Gasteiger partial charge on any atom is -0.387 e. The molecule has 1 aromatic rings. The lowest BCUT2D eigenvalue weighted by Crippen LogP contribution is -2.22. The van der Waals surface area contributed by atoms with Gasteiger partial charge >= 0.3 is 0 Å². The molecule has 1 unspecified atom stereocenters. The quantitative estimate of drug-likeness (QED) is 0.816. The highest BCUT2D eigenvalue weighted by Gasteiger charge is 2.33. The van der Waals surface area contributed by atoms with Crippen LogP contribution in [0.1, 0.15) is 25.5 Å². The molecule has 1 rings (SSSR count). The molecule has 1 N–H and O–H groups in total. The Balaban J connectivity index is 3.24. The maximum absolute atomic E-state index is 13.3. The smallest absolute Gasteiger partial charge is 0.132 e. The average molecular weight is 211 g/mol. The third-order valence-electron chi connectivity index (χ3n) is 2.24. The molecule has 0 aromatic heterocycles. The average Bonchev–Trinajstić information content (AvgIpc) is 2.17. The van der Waals surface area contributed by atoms with E-state index in [0.29, 0.717) is 0 Å². The highest BCUT2D eigenvalue weighted by molar-refractivity contribution is 5.25. The Labute approximate surface area is 86.8 Å². The van der Waals surface area contributed by atoms with E-state index >= 15 is 0 Å². The van der Waals surface area contributed by atoms with E-state index in [-0.39, 0.29) is 0 Å². The zero-order valence-electron chi connectivity index (χ0n) is 8.46. The second-order valence-electron chi connectivity index (χ2n) is 3.87. The normalized spacial score (nSPS) is 13.3. The van der Waals surface area contributed by atoms with Crippen molar-refractivity contribution >= 4 is 0 Å². The van der Waals surface area contributed by atoms with Gasteiger partial charge in [0.15, 0.2) is 0 Å². The molecule has 1 atom stereocenters. The van der Waals surface area contributed by atoms with Crippen molar-refractivity contribution in [3.63, 3.8) is 0 Å². The Bertz CT molecular complexity index is 389. The number of hydrogen-bond donors (Lipinski definition) is 1. The lowest BCUT2D eigenvalue weighted by atomic mass is 9.84. The van der Waals surface area contributed by atoms with Crippen molar-refractivity contribution in [3.8, 4) is 6.07 Å². The van der Waals surface area contributed by atoms with E-state index in [0.717, 1.165) is 12.1 Å². The maximum atomic E-state index is 13.3. The molecule has 0 spiro atoms. The zero-order valence-corrected chi connectivity index (χ0v) is 8.46. The number of hydrogen-bond acceptors (Lipinski definition) is 2. The minimum absolute atomic E-state index is 0.455. The van der Waals surface area contributed by atoms with Gasteiger partial charge in [-0.15, -0.1) is 0 Å². The zero-order chi connectivity index (χ0) is 11.6. The van der Waals surface area contributed by atoms with Crippen molar-refractivity contribution in [1.29, 1.82) is 5.26 Å². The predicted molar refractivity (Wildman–Crippen MR) is 50.7 cm³/mol. The fraction of sp³-hybridized carbons (Fsp3) is 0.364. The highest BCUT2D eigenvalue weighted by atomic mass is 19.1. The molecule has 2 nitrogen and oxygen atoms in total. The van der Waals surface area contributed by atoms with Gasteiger partial charge in [0, 0.05) is 0 Å². The van der Waals surface area contributed by atoms with E-state index in [9.17, 15) is 13.9 Å². The van der Waals surface area contributed by atoms with Crippen LogP contribution in [0.2, 0.25) is 0 Å². The van der Waals surface area contributed by atoms with E-state index in [1.54, 1.807) is 0 Å². The highest BCUT2D eigenvalue weighted by Crippen LogP contribution is 2.34. The van der Waals surface area contributed by atoms with E-state index in [4.69, 9.17) is 5.26 Å². The molecule has 80 valence electrons. The van der Waals surface area contributed by atoms with Gasteiger partial charge in [0.2, 0.25) is 0 Å². The van der Waals surface area contributed by atoms with Crippen molar-refractivity contribution in [2.24, 2.45) is 5.41 Å². The lowest BCUT2D eigenvalue weighted by Gasteiger charge is -2.23. The van der Waals surface area contributed by atoms with E-state index in [2.05, 4.69) is 0 Å². The van der Waals surface area contributed by atoms with Crippen LogP contribution in [0.4, 0.5) is 8.78 Å². The number of rotatable bonds is 2. The first-order valence-corrected chi connectivity index (χ1v) is 4.43. The number of benzene rings is 1. The van der Waals surface area contributed by atoms with Crippen LogP contribution in [0, 0.1) is 28.4 Å². The summed E-state index contributed by atoms with van der Waals surface area (Å²) in [6.45, 7) is 2.84. The molecule has 1 aromatic carbocycles. The van der Waals surface area contributed by atoms with Crippen molar-refractivity contribution in [2.75, 3.05) is 0 Å². The summed E-state index contributed by atoms with van der Waals surface area (Å²) >= 11 is 0. The second-order valence-corrected chi connectivity index (χ2v) is 3.87. The van der Waals surface area contributed by atoms with Crippen LogP contribution in [-0.2, 0) is 0 Å². The van der Waals surface area contributed by atoms with Crippen LogP contribution < -0.4 is 0 Å². The van der Waals surface area contributed by atoms with Crippen molar-refractivity contribution in [1.82, 2.24) is 0 Å². The summed E-state index contributed by atoms with van der Waals surface area (Å²) in [5.41, 5.74) is -1.69. The van der Waals surface area contributed by atoms with E-state index in [1.165, 1.54) is 19.9 Å². The van der Waals surface area contributed by atoms with Crippen LogP contribution in [-0.4, -0.2) is 5.11 Å². The van der Waals surface area contributed by atoms with Gasteiger partial charge in [-0.1, -0.05) is 6.07 Å². The number of aliphatic hydroxyl groups is 1. The van der Waals surface area contributed by atoms with Gasteiger partial charge < -0.3 is 5.11 Å². The summed E-state index contributed by atoms with van der Waals surface area (Å²) in [5, 5.41) is 18.5. The van der Waals surface area contributed by atoms with Gasteiger partial charge in [-0.05, 0) is 26.0 Å². The maximum Gasteiger partial charge on any atom is 0.132 e. The van der Waals surface area contributed by atoms with Crippen molar-refractivity contribution in [2.45, 2.75) is 20.0 Å². The standard InChI is InChI=1S/C11H11F2NO/c1-11(2,6-14)10(15)9-7(12)4-3-5-8(9)13/h3-5,10,15H,1-2H3. The fourth-order valence-corrected chi connectivity index (χ4v) is 1.19. The van der Waals surface area contributed by atoms with Crippen LogP contribution in [0.25, 0.3) is 0 Å². The van der Waals surface area contributed by atoms with Gasteiger partial charge in [-0.3, -0.25) is 0 Å². The topological polar surface area (TPSA) is 44.0 Å². The van der Waals surface area contributed by atoms with E-state index < -0.39 is 28.7 Å². The Hall–Kier alpha value is -1.47. The molecule has 4 heteroatoms. The first-order valence-electron chi connectivity index (χ1n) is 4.43. The minimum atomic E-state index is -1.48. The first kappa shape index (κ1) is 11.6. The SMILES string of the molecule is CC(C)(C#N)C(O)c1c(F)cccc1F. The molecule has 0 aliphatic heterocycles. The first-order chi connectivity index (χ1) is 6.90. The van der Waals surface area contributed by atoms with Crippen LogP contribution in [0.3, 0.4) is 0 Å². The Morgan fingerprint density at radius 3 is 2.20 bits per heavy atom. The summed E-state index contributed by atoms with van der Waals surface area (Å²) < 4.78 is 26.5. The van der Waals surface area contributed by atoms with Crippen LogP contribution in [0.15, 0.2) is 18.2 Å². The van der Waals surface area contributed by atoms with E-state index in [1.807, 2.05) is 6.07 Å². The number of halogens is 2. The summed E-state index contributed by atoms with van der Waals surface area (Å²) in [4.78, 5) is 0. The molecule has 0 amide bonds. The van der Waals surface area contributed by atoms with Gasteiger partial charge in [0.1, 0.15) is 17.7 Å². The number of aliphatic hydroxyl groups excluding tert-OH is 1. The summed E-state index contributed by atoms with van der Waals surface area (Å²) in [7, 11) is 0. The Morgan fingerprint density at radius 1 is 1.33 bits per heavy atom. The van der Waals surface area contributed by atoms with Gasteiger partial charge in [0.05, 0.1) is 17.0 Å². The molecular formula is C11H11F2NO. The summed E-state index contributed by atoms with van der Waals surface area (Å²) in [6.07, 6.45) is -1.48. The molecule has 0 bridgehead atoms. The van der Waals surface area contributed by atoms with Gasteiger partial charge in [-0.2, -0.15) is 5.26 Å².